The predicted molar refractivity (Wildman–Crippen MR) is 149 cm³/mol. The summed E-state index contributed by atoms with van der Waals surface area (Å²) in [5.74, 6) is 1.96. The molecular formula is C28H40N4O3S. The van der Waals surface area contributed by atoms with Crippen LogP contribution in [-0.2, 0) is 4.74 Å². The van der Waals surface area contributed by atoms with Gasteiger partial charge in [-0.1, -0.05) is 13.8 Å². The monoisotopic (exact) mass is 512 g/mol. The van der Waals surface area contributed by atoms with E-state index in [9.17, 15) is 9.90 Å². The number of aryl methyl sites for hydroxylation is 1. The van der Waals surface area contributed by atoms with Crippen molar-refractivity contribution in [2.75, 3.05) is 66.9 Å². The first-order chi connectivity index (χ1) is 17.5. The minimum absolute atomic E-state index is 0.133. The Bertz CT molecular complexity index is 1030. The number of nitrogens with zero attached hydrogens (tertiary/aromatic N) is 3. The molecule has 2 aromatic rings. The van der Waals surface area contributed by atoms with Gasteiger partial charge in [-0.3, -0.25) is 4.79 Å². The van der Waals surface area contributed by atoms with Crippen LogP contribution in [0.2, 0.25) is 0 Å². The van der Waals surface area contributed by atoms with Crippen LogP contribution in [0.1, 0.15) is 55.5 Å². The number of benzene rings is 1. The van der Waals surface area contributed by atoms with Crippen LogP contribution in [0, 0.1) is 12.3 Å². The third-order valence-electron chi connectivity index (χ3n) is 7.23. The van der Waals surface area contributed by atoms with Crippen molar-refractivity contribution in [3.63, 3.8) is 0 Å². The molecule has 3 aliphatic rings. The van der Waals surface area contributed by atoms with E-state index in [0.717, 1.165) is 48.1 Å². The highest BCUT2D eigenvalue weighted by Gasteiger charge is 2.44. The standard InChI is InChI=1S/C26H34N4O3S.C2H6/c1-19-16-23(27-24(17-19)30-10-13-33-14-11-30)28-25(32)21-3-2-20(34-15-12-31)18-22(21)29-8-6-26(4-5-26)7-9-29;1-2/h2-3,16-18,31H,4-15H2,1H3,(H,27,28,32);1-2H3. The van der Waals surface area contributed by atoms with Crippen LogP contribution >= 0.6 is 11.8 Å². The number of rotatable bonds is 7. The van der Waals surface area contributed by atoms with Gasteiger partial charge in [-0.25, -0.2) is 4.98 Å². The first-order valence-electron chi connectivity index (χ1n) is 13.3. The molecule has 0 radical (unpaired) electrons. The number of amides is 1. The summed E-state index contributed by atoms with van der Waals surface area (Å²) in [5, 5.41) is 12.3. The van der Waals surface area contributed by atoms with Crippen molar-refractivity contribution >= 4 is 35.0 Å². The van der Waals surface area contributed by atoms with Crippen LogP contribution in [0.4, 0.5) is 17.3 Å². The third-order valence-corrected chi connectivity index (χ3v) is 8.20. The normalized spacial score (nSPS) is 18.4. The van der Waals surface area contributed by atoms with E-state index in [2.05, 4.69) is 27.2 Å². The van der Waals surface area contributed by atoms with Gasteiger partial charge in [0.05, 0.1) is 31.1 Å². The molecular weight excluding hydrogens is 472 g/mol. The molecule has 1 aromatic carbocycles. The van der Waals surface area contributed by atoms with Crippen LogP contribution < -0.4 is 15.1 Å². The van der Waals surface area contributed by atoms with Crippen molar-refractivity contribution in [2.45, 2.75) is 51.3 Å². The summed E-state index contributed by atoms with van der Waals surface area (Å²) in [5.41, 5.74) is 3.30. The highest BCUT2D eigenvalue weighted by atomic mass is 32.2. The lowest BCUT2D eigenvalue weighted by atomic mass is 9.93. The van der Waals surface area contributed by atoms with Gasteiger partial charge < -0.3 is 25.0 Å². The highest BCUT2D eigenvalue weighted by Crippen LogP contribution is 2.54. The maximum Gasteiger partial charge on any atom is 0.258 e. The van der Waals surface area contributed by atoms with Gasteiger partial charge in [0.15, 0.2) is 0 Å². The number of pyridine rings is 1. The second-order valence-electron chi connectivity index (χ2n) is 9.68. The number of aliphatic hydroxyl groups is 1. The van der Waals surface area contributed by atoms with Crippen molar-refractivity contribution in [1.82, 2.24) is 4.98 Å². The summed E-state index contributed by atoms with van der Waals surface area (Å²) in [7, 11) is 0. The fraction of sp³-hybridized carbons (Fsp3) is 0.571. The van der Waals surface area contributed by atoms with Crippen LogP contribution in [0.15, 0.2) is 35.2 Å². The lowest BCUT2D eigenvalue weighted by molar-refractivity contribution is 0.102. The van der Waals surface area contributed by atoms with Crippen LogP contribution in [0.25, 0.3) is 0 Å². The number of carbonyl (C=O) groups is 1. The number of hydrogen-bond donors (Lipinski definition) is 2. The van der Waals surface area contributed by atoms with E-state index < -0.39 is 0 Å². The summed E-state index contributed by atoms with van der Waals surface area (Å²) < 4.78 is 5.47. The second-order valence-corrected chi connectivity index (χ2v) is 10.8. The fourth-order valence-corrected chi connectivity index (χ4v) is 5.65. The molecule has 1 saturated carbocycles. The maximum atomic E-state index is 13.5. The lowest BCUT2D eigenvalue weighted by Crippen LogP contribution is -2.37. The van der Waals surface area contributed by atoms with Crippen molar-refractivity contribution in [3.05, 3.63) is 41.5 Å². The quantitative estimate of drug-likeness (QED) is 0.507. The topological polar surface area (TPSA) is 77.9 Å². The molecule has 36 heavy (non-hydrogen) atoms. The van der Waals surface area contributed by atoms with E-state index in [4.69, 9.17) is 9.72 Å². The zero-order valence-electron chi connectivity index (χ0n) is 21.9. The van der Waals surface area contributed by atoms with E-state index in [0.29, 0.717) is 35.8 Å². The summed E-state index contributed by atoms with van der Waals surface area (Å²) in [6, 6.07) is 9.99. The maximum absolute atomic E-state index is 13.5. The molecule has 8 heteroatoms. The SMILES string of the molecule is CC.Cc1cc(NC(=O)c2ccc(SCCO)cc2N2CCC3(CC2)CC3)nc(N2CCOCC2)c1. The minimum Gasteiger partial charge on any atom is -0.396 e. The Balaban J connectivity index is 0.00000148. The molecule has 0 atom stereocenters. The number of ether oxygens (including phenoxy) is 1. The molecule has 7 nitrogen and oxygen atoms in total. The van der Waals surface area contributed by atoms with Crippen LogP contribution in [-0.4, -0.2) is 67.8 Å². The van der Waals surface area contributed by atoms with Gasteiger partial charge in [0.2, 0.25) is 0 Å². The van der Waals surface area contributed by atoms with E-state index >= 15 is 0 Å². The zero-order chi connectivity index (χ0) is 25.5. The Kier molecular flexibility index (Phi) is 9.14. The van der Waals surface area contributed by atoms with Gasteiger partial charge in [-0.05, 0) is 73.9 Å². The molecule has 1 aromatic heterocycles. The van der Waals surface area contributed by atoms with Crippen LogP contribution in [0.3, 0.4) is 0 Å². The van der Waals surface area contributed by atoms with Crippen molar-refractivity contribution in [2.24, 2.45) is 5.41 Å². The molecule has 1 amide bonds. The molecule has 3 heterocycles. The molecule has 2 N–H and O–H groups in total. The minimum atomic E-state index is -0.133. The van der Waals surface area contributed by atoms with Gasteiger partial charge in [-0.15, -0.1) is 11.8 Å². The first kappa shape index (κ1) is 26.8. The fourth-order valence-electron chi connectivity index (χ4n) is 4.97. The second kappa shape index (κ2) is 12.3. The lowest BCUT2D eigenvalue weighted by Gasteiger charge is -2.35. The van der Waals surface area contributed by atoms with Gasteiger partial charge >= 0.3 is 0 Å². The van der Waals surface area contributed by atoms with Crippen molar-refractivity contribution in [1.29, 1.82) is 0 Å². The van der Waals surface area contributed by atoms with Crippen molar-refractivity contribution < 1.29 is 14.6 Å². The summed E-state index contributed by atoms with van der Waals surface area (Å²) >= 11 is 1.62. The Morgan fingerprint density at radius 1 is 1.06 bits per heavy atom. The van der Waals surface area contributed by atoms with E-state index in [-0.39, 0.29) is 12.5 Å². The molecule has 1 spiro atoms. The summed E-state index contributed by atoms with van der Waals surface area (Å²) in [4.78, 5) is 23.9. The van der Waals surface area contributed by atoms with Gasteiger partial charge in [0, 0.05) is 36.8 Å². The number of aliphatic hydroxyl groups excluding tert-OH is 1. The third kappa shape index (κ3) is 6.52. The number of morpholine rings is 1. The molecule has 196 valence electrons. The van der Waals surface area contributed by atoms with Gasteiger partial charge in [0.25, 0.3) is 5.91 Å². The van der Waals surface area contributed by atoms with E-state index in [1.54, 1.807) is 11.8 Å². The smallest absolute Gasteiger partial charge is 0.258 e. The first-order valence-corrected chi connectivity index (χ1v) is 14.3. The van der Waals surface area contributed by atoms with Gasteiger partial charge in [0.1, 0.15) is 11.6 Å². The number of carbonyl (C=O) groups excluding carboxylic acids is 1. The molecule has 2 aliphatic heterocycles. The average Bonchev–Trinajstić information content (AvgIpc) is 3.67. The number of aromatic nitrogens is 1. The number of hydrogen-bond acceptors (Lipinski definition) is 7. The van der Waals surface area contributed by atoms with Gasteiger partial charge in [-0.2, -0.15) is 0 Å². The van der Waals surface area contributed by atoms with E-state index in [1.165, 1.54) is 25.7 Å². The largest absolute Gasteiger partial charge is 0.396 e. The Morgan fingerprint density at radius 3 is 2.44 bits per heavy atom. The number of nitrogens with one attached hydrogen (secondary N) is 1. The Morgan fingerprint density at radius 2 is 1.78 bits per heavy atom. The average molecular weight is 513 g/mol. The molecule has 5 rings (SSSR count). The molecule has 0 bridgehead atoms. The van der Waals surface area contributed by atoms with Crippen LogP contribution in [0.5, 0.6) is 0 Å². The highest BCUT2D eigenvalue weighted by molar-refractivity contribution is 7.99. The molecule has 0 unspecified atom stereocenters. The predicted octanol–water partition coefficient (Wildman–Crippen LogP) is 4.97. The molecule has 3 fully saturated rings. The zero-order valence-corrected chi connectivity index (χ0v) is 22.7. The van der Waals surface area contributed by atoms with E-state index in [1.807, 2.05) is 39.0 Å². The number of thioether (sulfide) groups is 1. The molecule has 1 aliphatic carbocycles. The summed E-state index contributed by atoms with van der Waals surface area (Å²) in [6.07, 6.45) is 5.10. The summed E-state index contributed by atoms with van der Waals surface area (Å²) in [6.45, 7) is 11.1. The van der Waals surface area contributed by atoms with Crippen molar-refractivity contribution in [3.8, 4) is 0 Å². The number of anilines is 3. The molecule has 2 saturated heterocycles. The number of piperidine rings is 1. The Labute approximate surface area is 219 Å². The Hall–Kier alpha value is -2.29.